The smallest absolute Gasteiger partial charge is 0.000935 e. The minimum Gasteiger partial charge on any atom is -0.129 e. The van der Waals surface area contributed by atoms with Gasteiger partial charge < -0.3 is 0 Å². The summed E-state index contributed by atoms with van der Waals surface area (Å²) in [4.78, 5) is 0. The van der Waals surface area contributed by atoms with Crippen molar-refractivity contribution in [2.75, 3.05) is 0 Å². The molecule has 0 heteroatoms. The van der Waals surface area contributed by atoms with Gasteiger partial charge in [-0.15, -0.1) is 5.73 Å². The molecule has 0 amide bonds. The van der Waals surface area contributed by atoms with Gasteiger partial charge in [-0.25, -0.2) is 0 Å². The molecule has 0 spiro atoms. The third-order valence-corrected chi connectivity index (χ3v) is 6.64. The molecule has 0 N–H and O–H groups in total. The second-order valence-corrected chi connectivity index (χ2v) is 7.26. The fraction of sp³-hybridized carbons (Fsp3) is 0.550. The van der Waals surface area contributed by atoms with Crippen molar-refractivity contribution < 1.29 is 0 Å². The van der Waals surface area contributed by atoms with Crippen LogP contribution >= 0.6 is 0 Å². The molecule has 2 saturated carbocycles. The third kappa shape index (κ3) is 1.55. The first-order valence-corrected chi connectivity index (χ1v) is 8.21. The van der Waals surface area contributed by atoms with Crippen LogP contribution < -0.4 is 0 Å². The first kappa shape index (κ1) is 12.5. The molecule has 0 bridgehead atoms. The highest BCUT2D eigenvalue weighted by molar-refractivity contribution is 5.36. The Kier molecular flexibility index (Phi) is 2.72. The summed E-state index contributed by atoms with van der Waals surface area (Å²) in [7, 11) is 0. The lowest BCUT2D eigenvalue weighted by atomic mass is 9.55. The monoisotopic (exact) mass is 264 g/mol. The molecule has 20 heavy (non-hydrogen) atoms. The van der Waals surface area contributed by atoms with E-state index in [0.717, 1.165) is 17.8 Å². The van der Waals surface area contributed by atoms with Crippen LogP contribution in [0.5, 0.6) is 0 Å². The van der Waals surface area contributed by atoms with E-state index in [0.29, 0.717) is 5.41 Å². The molecule has 3 aliphatic rings. The zero-order chi connectivity index (χ0) is 13.7. The van der Waals surface area contributed by atoms with Crippen LogP contribution in [0.1, 0.15) is 56.1 Å². The van der Waals surface area contributed by atoms with E-state index < -0.39 is 0 Å². The minimum atomic E-state index is 0.412. The Morgan fingerprint density at radius 3 is 2.85 bits per heavy atom. The van der Waals surface area contributed by atoms with Gasteiger partial charge in [-0.1, -0.05) is 37.8 Å². The molecule has 0 aliphatic heterocycles. The Labute approximate surface area is 122 Å². The molecule has 0 nitrogen and oxygen atoms in total. The van der Waals surface area contributed by atoms with Crippen molar-refractivity contribution in [3.05, 3.63) is 53.3 Å². The number of rotatable bonds is 0. The van der Waals surface area contributed by atoms with Crippen LogP contribution in [0.25, 0.3) is 0 Å². The molecule has 0 unspecified atom stereocenters. The number of hydrogen-bond donors (Lipinski definition) is 0. The molecule has 0 radical (unpaired) electrons. The van der Waals surface area contributed by atoms with Crippen LogP contribution in [0.15, 0.2) is 42.1 Å². The number of benzene rings is 1. The van der Waals surface area contributed by atoms with Gasteiger partial charge in [0.05, 0.1) is 0 Å². The molecule has 2 fully saturated rings. The lowest BCUT2D eigenvalue weighted by Gasteiger charge is -2.49. The molecule has 0 aromatic heterocycles. The van der Waals surface area contributed by atoms with Gasteiger partial charge >= 0.3 is 0 Å². The highest BCUT2D eigenvalue weighted by Crippen LogP contribution is 2.62. The number of hydrogen-bond acceptors (Lipinski definition) is 0. The van der Waals surface area contributed by atoms with Crippen molar-refractivity contribution in [3.8, 4) is 0 Å². The lowest BCUT2D eigenvalue weighted by molar-refractivity contribution is 0.0816. The topological polar surface area (TPSA) is 0 Å². The van der Waals surface area contributed by atoms with E-state index in [4.69, 9.17) is 0 Å². The van der Waals surface area contributed by atoms with E-state index in [1.54, 1.807) is 11.1 Å². The maximum absolute atomic E-state index is 3.96. The molecule has 3 aliphatic carbocycles. The van der Waals surface area contributed by atoms with Crippen LogP contribution in [0.2, 0.25) is 0 Å². The van der Waals surface area contributed by atoms with Gasteiger partial charge in [-0.2, -0.15) is 0 Å². The Morgan fingerprint density at radius 1 is 1.15 bits per heavy atom. The third-order valence-electron chi connectivity index (χ3n) is 6.64. The Balaban J connectivity index is 1.74. The number of allylic oxidation sites excluding steroid dienone is 1. The highest BCUT2D eigenvalue weighted by Gasteiger charge is 2.52. The first-order valence-electron chi connectivity index (χ1n) is 8.21. The van der Waals surface area contributed by atoms with Crippen molar-refractivity contribution >= 4 is 0 Å². The van der Waals surface area contributed by atoms with Gasteiger partial charge in [-0.05, 0) is 78.4 Å². The average molecular weight is 264 g/mol. The molecule has 1 aromatic carbocycles. The molecular formula is C20H24. The normalized spacial score (nSPS) is 38.6. The van der Waals surface area contributed by atoms with Gasteiger partial charge in [0, 0.05) is 0 Å². The fourth-order valence-corrected chi connectivity index (χ4v) is 5.63. The summed E-state index contributed by atoms with van der Waals surface area (Å²) < 4.78 is 0. The van der Waals surface area contributed by atoms with Crippen LogP contribution in [0.4, 0.5) is 0 Å². The molecular weight excluding hydrogens is 240 g/mol. The average Bonchev–Trinajstić information content (AvgIpc) is 2.83. The highest BCUT2D eigenvalue weighted by atomic mass is 14.6. The van der Waals surface area contributed by atoms with E-state index in [-0.39, 0.29) is 0 Å². The second kappa shape index (κ2) is 4.37. The van der Waals surface area contributed by atoms with Crippen molar-refractivity contribution in [2.24, 2.45) is 17.3 Å². The van der Waals surface area contributed by atoms with E-state index in [1.807, 2.05) is 0 Å². The first-order chi connectivity index (χ1) is 9.74. The molecule has 4 rings (SSSR count). The summed E-state index contributed by atoms with van der Waals surface area (Å²) in [5.74, 6) is 2.59. The van der Waals surface area contributed by atoms with Crippen LogP contribution in [0.3, 0.4) is 0 Å². The lowest BCUT2D eigenvalue weighted by Crippen LogP contribution is -2.40. The molecule has 4 atom stereocenters. The van der Waals surface area contributed by atoms with Crippen LogP contribution in [-0.2, 0) is 6.42 Å². The zero-order valence-corrected chi connectivity index (χ0v) is 12.5. The molecule has 1 aromatic rings. The standard InChI is InChI=1S/C20H24/c1-3-15-9-11-19-18-10-8-14-6-4-5-7-16(14)17(18)12-13-20(15,19)2/h4-7,17-19H,1,8-13H2,2H3/t17-,18-,19+,20-/m1/s1. The Morgan fingerprint density at radius 2 is 2.00 bits per heavy atom. The predicted octanol–water partition coefficient (Wildman–Crippen LogP) is 5.25. The Bertz CT molecular complexity index is 590. The van der Waals surface area contributed by atoms with E-state index in [1.165, 1.54) is 44.1 Å². The van der Waals surface area contributed by atoms with Gasteiger partial charge in [0.2, 0.25) is 0 Å². The molecule has 0 heterocycles. The zero-order valence-electron chi connectivity index (χ0n) is 12.5. The SMILES string of the molecule is C=C=C1CC[C@H]2[C@@H]3CCc4ccccc4[C@H]3CC[C@]12C. The minimum absolute atomic E-state index is 0.412. The summed E-state index contributed by atoms with van der Waals surface area (Å²) >= 11 is 0. The van der Waals surface area contributed by atoms with E-state index in [2.05, 4.69) is 43.5 Å². The van der Waals surface area contributed by atoms with E-state index in [9.17, 15) is 0 Å². The fourth-order valence-electron chi connectivity index (χ4n) is 5.63. The van der Waals surface area contributed by atoms with Crippen LogP contribution in [0, 0.1) is 17.3 Å². The van der Waals surface area contributed by atoms with Crippen LogP contribution in [-0.4, -0.2) is 0 Å². The largest absolute Gasteiger partial charge is 0.129 e. The molecule has 0 saturated heterocycles. The number of fused-ring (bicyclic) bond motifs is 5. The molecule has 104 valence electrons. The number of aryl methyl sites for hydroxylation is 1. The van der Waals surface area contributed by atoms with Gasteiger partial charge in [0.25, 0.3) is 0 Å². The Hall–Kier alpha value is -1.26. The summed E-state index contributed by atoms with van der Waals surface area (Å²) in [6.07, 6.45) is 8.00. The maximum Gasteiger partial charge on any atom is -0.000935 e. The van der Waals surface area contributed by atoms with Gasteiger partial charge in [-0.3, -0.25) is 0 Å². The van der Waals surface area contributed by atoms with Crippen molar-refractivity contribution in [1.29, 1.82) is 0 Å². The summed E-state index contributed by atoms with van der Waals surface area (Å²) in [5, 5.41) is 0. The van der Waals surface area contributed by atoms with Crippen molar-refractivity contribution in [2.45, 2.75) is 51.4 Å². The second-order valence-electron chi connectivity index (χ2n) is 7.26. The van der Waals surface area contributed by atoms with Gasteiger partial charge in [0.1, 0.15) is 0 Å². The quantitative estimate of drug-likeness (QED) is 0.561. The van der Waals surface area contributed by atoms with Crippen molar-refractivity contribution in [3.63, 3.8) is 0 Å². The summed E-state index contributed by atoms with van der Waals surface area (Å²) in [5.41, 5.74) is 8.51. The predicted molar refractivity (Wildman–Crippen MR) is 83.7 cm³/mol. The maximum atomic E-state index is 3.96. The van der Waals surface area contributed by atoms with E-state index >= 15 is 0 Å². The summed E-state index contributed by atoms with van der Waals surface area (Å²) in [6, 6.07) is 9.19. The van der Waals surface area contributed by atoms with Crippen molar-refractivity contribution in [1.82, 2.24) is 0 Å². The summed E-state index contributed by atoms with van der Waals surface area (Å²) in [6.45, 7) is 6.45. The van der Waals surface area contributed by atoms with Gasteiger partial charge in [0.15, 0.2) is 0 Å².